The molecule has 0 fully saturated rings. The van der Waals surface area contributed by atoms with Crippen LogP contribution in [0, 0.1) is 0 Å². The lowest BCUT2D eigenvalue weighted by atomic mass is 10.3. The monoisotopic (exact) mass is 281 g/mol. The molecule has 0 saturated heterocycles. The second-order valence-corrected chi connectivity index (χ2v) is 4.83. The molecule has 5 heteroatoms. The van der Waals surface area contributed by atoms with Gasteiger partial charge in [0, 0.05) is 19.0 Å². The Kier molecular flexibility index (Phi) is 7.04. The summed E-state index contributed by atoms with van der Waals surface area (Å²) in [7, 11) is 0. The first-order valence-corrected chi connectivity index (χ1v) is 6.86. The topological polar surface area (TPSA) is 67.8 Å². The molecule has 2 N–H and O–H groups in total. The molecule has 112 valence electrons. The molecule has 0 aromatic heterocycles. The van der Waals surface area contributed by atoms with Crippen LogP contribution in [0.25, 0.3) is 0 Å². The molecule has 0 aliphatic heterocycles. The van der Waals surface area contributed by atoms with E-state index in [1.165, 1.54) is 0 Å². The van der Waals surface area contributed by atoms with Gasteiger partial charge in [-0.1, -0.05) is 20.8 Å². The van der Waals surface area contributed by atoms with Gasteiger partial charge in [0.25, 0.3) is 0 Å². The van der Waals surface area contributed by atoms with Gasteiger partial charge in [0.15, 0.2) is 0 Å². The lowest BCUT2D eigenvalue weighted by molar-refractivity contribution is -0.134. The Morgan fingerprint density at radius 3 is 2.40 bits per heavy atom. The lowest BCUT2D eigenvalue weighted by Crippen LogP contribution is -2.35. The predicted octanol–water partition coefficient (Wildman–Crippen LogP) is 1.74. The van der Waals surface area contributed by atoms with Crippen molar-refractivity contribution in [2.24, 2.45) is 0 Å². The average molecular weight is 281 g/mol. The Balaban J connectivity index is 2.36. The van der Waals surface area contributed by atoms with Gasteiger partial charge in [-0.05, 0) is 24.3 Å². The van der Waals surface area contributed by atoms with Crippen molar-refractivity contribution in [3.8, 4) is 11.5 Å². The summed E-state index contributed by atoms with van der Waals surface area (Å²) in [5.74, 6) is 0.852. The number of ether oxygens (including phenoxy) is 2. The van der Waals surface area contributed by atoms with Crippen LogP contribution in [0.2, 0.25) is 0 Å². The Bertz CT molecular complexity index is 403. The van der Waals surface area contributed by atoms with Gasteiger partial charge in [0.2, 0.25) is 0 Å². The van der Waals surface area contributed by atoms with Gasteiger partial charge in [-0.3, -0.25) is 4.79 Å². The molecule has 1 atom stereocenters. The predicted molar refractivity (Wildman–Crippen MR) is 77.0 cm³/mol. The minimum atomic E-state index is -0.560. The van der Waals surface area contributed by atoms with Crippen LogP contribution in [0.4, 0.5) is 0 Å². The second-order valence-electron chi connectivity index (χ2n) is 4.83. The van der Waals surface area contributed by atoms with E-state index in [0.29, 0.717) is 30.5 Å². The van der Waals surface area contributed by atoms with Crippen LogP contribution in [-0.4, -0.2) is 36.4 Å². The number of nitrogens with one attached hydrogen (secondary N) is 1. The first-order chi connectivity index (χ1) is 9.51. The summed E-state index contributed by atoms with van der Waals surface area (Å²) >= 11 is 0. The highest BCUT2D eigenvalue weighted by atomic mass is 16.5. The summed E-state index contributed by atoms with van der Waals surface area (Å²) in [6.07, 6.45) is -0.220. The minimum Gasteiger partial charge on any atom is -0.491 e. The first-order valence-electron chi connectivity index (χ1n) is 6.86. The highest BCUT2D eigenvalue weighted by Crippen LogP contribution is 2.18. The Labute approximate surface area is 119 Å². The second kappa shape index (κ2) is 8.55. The summed E-state index contributed by atoms with van der Waals surface area (Å²) in [5.41, 5.74) is 0. The summed E-state index contributed by atoms with van der Waals surface area (Å²) in [6.45, 7) is 6.48. The van der Waals surface area contributed by atoms with Crippen LogP contribution in [0.5, 0.6) is 11.5 Å². The number of carbonyl (C=O) groups excluding carboxylic acids is 1. The van der Waals surface area contributed by atoms with Crippen molar-refractivity contribution in [3.05, 3.63) is 24.3 Å². The first kappa shape index (κ1) is 16.5. The van der Waals surface area contributed by atoms with E-state index in [0.717, 1.165) is 0 Å². The van der Waals surface area contributed by atoms with E-state index in [2.05, 4.69) is 5.32 Å². The van der Waals surface area contributed by atoms with Crippen molar-refractivity contribution < 1.29 is 19.4 Å². The zero-order chi connectivity index (χ0) is 15.0. The number of aliphatic hydroxyl groups excluding tert-OH is 1. The standard InChI is InChI=1S/C15H23NO4/c1-4-15(18)20-14-7-5-13(6-8-14)19-10-12(17)9-16-11(2)3/h5-8,11-12,16-17H,4,9-10H2,1-3H3/t12-/m0/s1. The van der Waals surface area contributed by atoms with Crippen molar-refractivity contribution in [2.45, 2.75) is 39.3 Å². The van der Waals surface area contributed by atoms with Crippen LogP contribution in [-0.2, 0) is 4.79 Å². The molecule has 20 heavy (non-hydrogen) atoms. The maximum atomic E-state index is 11.1. The van der Waals surface area contributed by atoms with Crippen molar-refractivity contribution >= 4 is 5.97 Å². The zero-order valence-corrected chi connectivity index (χ0v) is 12.3. The summed E-state index contributed by atoms with van der Waals surface area (Å²) in [6, 6.07) is 7.09. The zero-order valence-electron chi connectivity index (χ0n) is 12.3. The Morgan fingerprint density at radius 2 is 1.85 bits per heavy atom. The Hall–Kier alpha value is -1.59. The van der Waals surface area contributed by atoms with Crippen LogP contribution in [0.3, 0.4) is 0 Å². The van der Waals surface area contributed by atoms with Gasteiger partial charge in [-0.15, -0.1) is 0 Å². The maximum absolute atomic E-state index is 11.1. The van der Waals surface area contributed by atoms with Crippen LogP contribution < -0.4 is 14.8 Å². The van der Waals surface area contributed by atoms with E-state index < -0.39 is 6.10 Å². The number of hydrogen-bond acceptors (Lipinski definition) is 5. The fourth-order valence-corrected chi connectivity index (χ4v) is 1.43. The fourth-order valence-electron chi connectivity index (χ4n) is 1.43. The van der Waals surface area contributed by atoms with Gasteiger partial charge in [-0.25, -0.2) is 0 Å². The number of aliphatic hydroxyl groups is 1. The number of hydrogen-bond donors (Lipinski definition) is 2. The third-order valence-corrected chi connectivity index (χ3v) is 2.55. The quantitative estimate of drug-likeness (QED) is 0.561. The van der Waals surface area contributed by atoms with Crippen LogP contribution in [0.15, 0.2) is 24.3 Å². The van der Waals surface area contributed by atoms with Crippen LogP contribution in [0.1, 0.15) is 27.2 Å². The smallest absolute Gasteiger partial charge is 0.310 e. The highest BCUT2D eigenvalue weighted by Gasteiger charge is 2.06. The third-order valence-electron chi connectivity index (χ3n) is 2.55. The van der Waals surface area contributed by atoms with E-state index in [1.807, 2.05) is 13.8 Å². The van der Waals surface area contributed by atoms with Gasteiger partial charge >= 0.3 is 5.97 Å². The number of benzene rings is 1. The molecule has 0 aliphatic rings. The molecular weight excluding hydrogens is 258 g/mol. The molecule has 0 heterocycles. The molecule has 1 aromatic carbocycles. The third kappa shape index (κ3) is 6.54. The van der Waals surface area contributed by atoms with Crippen LogP contribution >= 0.6 is 0 Å². The number of rotatable bonds is 8. The Morgan fingerprint density at radius 1 is 1.25 bits per heavy atom. The molecule has 0 bridgehead atoms. The average Bonchev–Trinajstić information content (AvgIpc) is 2.44. The molecule has 5 nitrogen and oxygen atoms in total. The van der Waals surface area contributed by atoms with E-state index in [4.69, 9.17) is 9.47 Å². The highest BCUT2D eigenvalue weighted by molar-refractivity contribution is 5.71. The lowest BCUT2D eigenvalue weighted by Gasteiger charge is -2.15. The van der Waals surface area contributed by atoms with Gasteiger partial charge in [0.1, 0.15) is 24.2 Å². The molecule has 0 unspecified atom stereocenters. The SMILES string of the molecule is CCC(=O)Oc1ccc(OC[C@@H](O)CNC(C)C)cc1. The van der Waals surface area contributed by atoms with Crippen molar-refractivity contribution in [1.29, 1.82) is 0 Å². The molecule has 1 rings (SSSR count). The largest absolute Gasteiger partial charge is 0.491 e. The van der Waals surface area contributed by atoms with Gasteiger partial charge in [0.05, 0.1) is 0 Å². The molecule has 1 aromatic rings. The number of carbonyl (C=O) groups is 1. The maximum Gasteiger partial charge on any atom is 0.310 e. The molecule has 0 radical (unpaired) electrons. The van der Waals surface area contributed by atoms with E-state index in [1.54, 1.807) is 31.2 Å². The molecule has 0 amide bonds. The van der Waals surface area contributed by atoms with E-state index in [-0.39, 0.29) is 12.6 Å². The van der Waals surface area contributed by atoms with Gasteiger partial charge in [-0.2, -0.15) is 0 Å². The summed E-state index contributed by atoms with van der Waals surface area (Å²) in [4.78, 5) is 11.1. The molecule has 0 aliphatic carbocycles. The van der Waals surface area contributed by atoms with Gasteiger partial charge < -0.3 is 19.9 Å². The van der Waals surface area contributed by atoms with E-state index in [9.17, 15) is 9.90 Å². The molecule has 0 spiro atoms. The summed E-state index contributed by atoms with van der Waals surface area (Å²) in [5, 5.41) is 12.8. The molecular formula is C15H23NO4. The summed E-state index contributed by atoms with van der Waals surface area (Å²) < 4.78 is 10.5. The number of esters is 1. The van der Waals surface area contributed by atoms with Crippen molar-refractivity contribution in [2.75, 3.05) is 13.2 Å². The van der Waals surface area contributed by atoms with Crippen molar-refractivity contribution in [1.82, 2.24) is 5.32 Å². The fraction of sp³-hybridized carbons (Fsp3) is 0.533. The minimum absolute atomic E-state index is 0.216. The van der Waals surface area contributed by atoms with E-state index >= 15 is 0 Å². The normalized spacial score (nSPS) is 12.2. The van der Waals surface area contributed by atoms with Crippen molar-refractivity contribution in [3.63, 3.8) is 0 Å². The molecule has 0 saturated carbocycles.